The van der Waals surface area contributed by atoms with Gasteiger partial charge in [0.2, 0.25) is 0 Å². The van der Waals surface area contributed by atoms with Crippen molar-refractivity contribution in [1.29, 1.82) is 0 Å². The van der Waals surface area contributed by atoms with Gasteiger partial charge in [-0.25, -0.2) is 4.39 Å². The largest absolute Gasteiger partial charge is 0.322 e. The van der Waals surface area contributed by atoms with Crippen molar-refractivity contribution in [2.75, 3.05) is 5.32 Å². The highest BCUT2D eigenvalue weighted by Gasteiger charge is 2.20. The molecule has 2 aromatic carbocycles. The van der Waals surface area contributed by atoms with E-state index >= 15 is 0 Å². The topological polar surface area (TPSA) is 72.2 Å². The number of carbonyl (C=O) groups is 2. The summed E-state index contributed by atoms with van der Waals surface area (Å²) in [4.78, 5) is 24.4. The monoisotopic (exact) mass is 314 g/mol. The predicted octanol–water partition coefficient (Wildman–Crippen LogP) is 2.93. The number of benzene rings is 2. The van der Waals surface area contributed by atoms with Crippen LogP contribution in [0.3, 0.4) is 0 Å². The van der Waals surface area contributed by atoms with Crippen LogP contribution >= 0.6 is 0 Å². The summed E-state index contributed by atoms with van der Waals surface area (Å²) in [5.41, 5.74) is 6.49. The van der Waals surface area contributed by atoms with Crippen LogP contribution in [0.15, 0.2) is 48.5 Å². The summed E-state index contributed by atoms with van der Waals surface area (Å²) >= 11 is 0. The molecule has 0 spiro atoms. The van der Waals surface area contributed by atoms with Crippen LogP contribution in [0.5, 0.6) is 0 Å². The van der Waals surface area contributed by atoms with Gasteiger partial charge in [-0.15, -0.1) is 0 Å². The van der Waals surface area contributed by atoms with Crippen molar-refractivity contribution < 1.29 is 14.0 Å². The first-order valence-electron chi connectivity index (χ1n) is 7.45. The number of ketones is 1. The Labute approximate surface area is 134 Å². The number of hydrogen-bond acceptors (Lipinski definition) is 3. The molecule has 0 fully saturated rings. The number of amides is 1. The molecule has 3 N–H and O–H groups in total. The number of carbonyl (C=O) groups excluding carboxylic acids is 2. The minimum Gasteiger partial charge on any atom is -0.322 e. The second kappa shape index (κ2) is 7.65. The van der Waals surface area contributed by atoms with Crippen molar-refractivity contribution in [2.45, 2.75) is 25.8 Å². The maximum atomic E-state index is 14.1. The third-order valence-corrected chi connectivity index (χ3v) is 3.58. The Morgan fingerprint density at radius 1 is 1.13 bits per heavy atom. The second-order valence-electron chi connectivity index (χ2n) is 5.25. The van der Waals surface area contributed by atoms with Crippen LogP contribution in [0.2, 0.25) is 0 Å². The summed E-state index contributed by atoms with van der Waals surface area (Å²) in [5.74, 6) is -1.46. The van der Waals surface area contributed by atoms with E-state index < -0.39 is 17.8 Å². The number of halogens is 1. The maximum Gasteiger partial charge on any atom is 0.258 e. The molecule has 0 saturated carbocycles. The van der Waals surface area contributed by atoms with Gasteiger partial charge in [-0.2, -0.15) is 0 Å². The van der Waals surface area contributed by atoms with Crippen LogP contribution in [-0.2, 0) is 11.2 Å². The number of nitrogens with one attached hydrogen (secondary N) is 1. The molecule has 2 rings (SSSR count). The van der Waals surface area contributed by atoms with E-state index in [1.165, 1.54) is 12.1 Å². The van der Waals surface area contributed by atoms with E-state index in [-0.39, 0.29) is 17.8 Å². The van der Waals surface area contributed by atoms with Crippen molar-refractivity contribution in [2.24, 2.45) is 5.73 Å². The molecular formula is C18H19FN2O2. The molecule has 0 unspecified atom stereocenters. The van der Waals surface area contributed by atoms with Crippen molar-refractivity contribution >= 4 is 17.4 Å². The first kappa shape index (κ1) is 16.8. The molecule has 0 saturated heterocycles. The first-order valence-corrected chi connectivity index (χ1v) is 7.45. The van der Waals surface area contributed by atoms with E-state index in [9.17, 15) is 14.0 Å². The van der Waals surface area contributed by atoms with E-state index in [1.807, 2.05) is 6.07 Å². The Kier molecular flexibility index (Phi) is 5.60. The number of anilines is 1. The Morgan fingerprint density at radius 2 is 1.83 bits per heavy atom. The van der Waals surface area contributed by atoms with Crippen molar-refractivity contribution in [1.82, 2.24) is 0 Å². The Hall–Kier alpha value is -2.53. The zero-order valence-corrected chi connectivity index (χ0v) is 12.9. The lowest BCUT2D eigenvalue weighted by Gasteiger charge is -2.13. The summed E-state index contributed by atoms with van der Waals surface area (Å²) < 4.78 is 14.1. The summed E-state index contributed by atoms with van der Waals surface area (Å²) in [6.45, 7) is 1.80. The van der Waals surface area contributed by atoms with E-state index in [2.05, 4.69) is 5.32 Å². The van der Waals surface area contributed by atoms with Gasteiger partial charge in [-0.3, -0.25) is 9.59 Å². The molecule has 0 heterocycles. The second-order valence-corrected chi connectivity index (χ2v) is 5.25. The fourth-order valence-corrected chi connectivity index (χ4v) is 2.23. The van der Waals surface area contributed by atoms with Crippen LogP contribution in [0.1, 0.15) is 29.3 Å². The van der Waals surface area contributed by atoms with Crippen molar-refractivity contribution in [3.05, 3.63) is 65.5 Å². The van der Waals surface area contributed by atoms with Crippen LogP contribution < -0.4 is 11.1 Å². The smallest absolute Gasteiger partial charge is 0.258 e. The molecule has 1 atom stereocenters. The average Bonchev–Trinajstić information content (AvgIpc) is 2.54. The molecule has 0 bridgehead atoms. The molecule has 0 aromatic heterocycles. The van der Waals surface area contributed by atoms with Crippen LogP contribution in [0.4, 0.5) is 10.1 Å². The van der Waals surface area contributed by atoms with Gasteiger partial charge in [0.15, 0.2) is 5.78 Å². The quantitative estimate of drug-likeness (QED) is 0.861. The summed E-state index contributed by atoms with van der Waals surface area (Å²) in [6.07, 6.45) is 0.435. The number of hydrogen-bond donors (Lipinski definition) is 2. The molecule has 0 aliphatic carbocycles. The minimum absolute atomic E-state index is 0.0652. The average molecular weight is 314 g/mol. The zero-order valence-electron chi connectivity index (χ0n) is 12.9. The molecule has 5 heteroatoms. The van der Waals surface area contributed by atoms with E-state index in [1.54, 1.807) is 37.3 Å². The molecule has 0 aliphatic heterocycles. The number of rotatable bonds is 6. The molecule has 0 radical (unpaired) electrons. The zero-order chi connectivity index (χ0) is 16.8. The molecular weight excluding hydrogens is 295 g/mol. The van der Waals surface area contributed by atoms with Gasteiger partial charge in [0, 0.05) is 12.1 Å². The predicted molar refractivity (Wildman–Crippen MR) is 87.8 cm³/mol. The van der Waals surface area contributed by atoms with Gasteiger partial charge in [-0.1, -0.05) is 37.3 Å². The van der Waals surface area contributed by atoms with Crippen molar-refractivity contribution in [3.63, 3.8) is 0 Å². The third-order valence-electron chi connectivity index (χ3n) is 3.58. The molecule has 4 nitrogen and oxygen atoms in total. The first-order chi connectivity index (χ1) is 11.0. The van der Waals surface area contributed by atoms with E-state index in [4.69, 9.17) is 5.73 Å². The lowest BCUT2D eigenvalue weighted by Crippen LogP contribution is -2.31. The van der Waals surface area contributed by atoms with Gasteiger partial charge < -0.3 is 11.1 Å². The Balaban J connectivity index is 2.27. The molecule has 23 heavy (non-hydrogen) atoms. The summed E-state index contributed by atoms with van der Waals surface area (Å²) in [7, 11) is 0. The highest BCUT2D eigenvalue weighted by molar-refractivity contribution is 6.06. The lowest BCUT2D eigenvalue weighted by atomic mass is 9.97. The number of Topliss-reactive ketones (excluding diaryl/α,β-unsaturated/α-hetero) is 1. The van der Waals surface area contributed by atoms with Crippen LogP contribution in [-0.4, -0.2) is 17.7 Å². The van der Waals surface area contributed by atoms with E-state index in [0.717, 1.165) is 0 Å². The standard InChI is InChI=1S/C18H19FN2O2/c1-2-15(20)16(22)11-12-7-6-10-14(19)17(12)18(23)21-13-8-4-3-5-9-13/h3-10,15H,2,11,20H2,1H3,(H,21,23)/t15-/m0/s1. The third kappa shape index (κ3) is 4.23. The van der Waals surface area contributed by atoms with Crippen LogP contribution in [0.25, 0.3) is 0 Å². The lowest BCUT2D eigenvalue weighted by molar-refractivity contribution is -0.119. The summed E-state index contributed by atoms with van der Waals surface area (Å²) in [6, 6.07) is 12.4. The van der Waals surface area contributed by atoms with Gasteiger partial charge in [0.1, 0.15) is 5.82 Å². The molecule has 0 aliphatic rings. The minimum atomic E-state index is -0.659. The Bertz CT molecular complexity index is 701. The SMILES string of the molecule is CC[C@H](N)C(=O)Cc1cccc(F)c1C(=O)Nc1ccccc1. The molecule has 1 amide bonds. The fraction of sp³-hybridized carbons (Fsp3) is 0.222. The highest BCUT2D eigenvalue weighted by Crippen LogP contribution is 2.18. The van der Waals surface area contributed by atoms with Crippen molar-refractivity contribution in [3.8, 4) is 0 Å². The van der Waals surface area contributed by atoms with Gasteiger partial charge in [-0.05, 0) is 30.2 Å². The van der Waals surface area contributed by atoms with Gasteiger partial charge >= 0.3 is 0 Å². The maximum absolute atomic E-state index is 14.1. The highest BCUT2D eigenvalue weighted by atomic mass is 19.1. The molecule has 120 valence electrons. The summed E-state index contributed by atoms with van der Waals surface area (Å²) in [5, 5.41) is 2.63. The van der Waals surface area contributed by atoms with E-state index in [0.29, 0.717) is 17.7 Å². The number of para-hydroxylation sites is 1. The van der Waals surface area contributed by atoms with Gasteiger partial charge in [0.25, 0.3) is 5.91 Å². The Morgan fingerprint density at radius 3 is 2.48 bits per heavy atom. The van der Waals surface area contributed by atoms with Crippen LogP contribution in [0, 0.1) is 5.82 Å². The normalized spacial score (nSPS) is 11.8. The number of nitrogens with two attached hydrogens (primary N) is 1. The fourth-order valence-electron chi connectivity index (χ4n) is 2.23. The molecule has 2 aromatic rings. The van der Waals surface area contributed by atoms with Gasteiger partial charge in [0.05, 0.1) is 11.6 Å².